The SMILES string of the molecule is CC(F)(F)C(N)=CC(=Nc1ccccc1Cl)c1ccc(C(=O)Nc2ccc(F)cc2)cc1. The van der Waals surface area contributed by atoms with Crippen LogP contribution in [-0.4, -0.2) is 17.5 Å². The van der Waals surface area contributed by atoms with E-state index in [0.717, 1.165) is 6.08 Å². The van der Waals surface area contributed by atoms with E-state index in [1.54, 1.807) is 36.4 Å². The molecule has 164 valence electrons. The molecule has 0 atom stereocenters. The third-order valence-corrected chi connectivity index (χ3v) is 4.76. The topological polar surface area (TPSA) is 67.5 Å². The molecule has 0 radical (unpaired) electrons. The van der Waals surface area contributed by atoms with Crippen molar-refractivity contribution in [3.05, 3.63) is 107 Å². The number of hydrogen-bond donors (Lipinski definition) is 2. The number of rotatable bonds is 6. The summed E-state index contributed by atoms with van der Waals surface area (Å²) in [7, 11) is 0. The smallest absolute Gasteiger partial charge is 0.284 e. The minimum absolute atomic E-state index is 0.155. The number of anilines is 1. The molecule has 0 aromatic heterocycles. The Balaban J connectivity index is 1.92. The average Bonchev–Trinajstić information content (AvgIpc) is 2.75. The van der Waals surface area contributed by atoms with Gasteiger partial charge in [0.05, 0.1) is 22.1 Å². The minimum atomic E-state index is -3.24. The van der Waals surface area contributed by atoms with Crippen LogP contribution >= 0.6 is 11.6 Å². The molecule has 32 heavy (non-hydrogen) atoms. The molecule has 3 N–H and O–H groups in total. The summed E-state index contributed by atoms with van der Waals surface area (Å²) >= 11 is 6.15. The Morgan fingerprint density at radius 1 is 1.00 bits per heavy atom. The zero-order valence-corrected chi connectivity index (χ0v) is 17.7. The highest BCUT2D eigenvalue weighted by Gasteiger charge is 2.25. The normalized spacial score (nSPS) is 12.5. The first-order chi connectivity index (χ1) is 15.1. The predicted octanol–water partition coefficient (Wildman–Crippen LogP) is 6.35. The van der Waals surface area contributed by atoms with Crippen molar-refractivity contribution >= 4 is 34.6 Å². The second-order valence-corrected chi connectivity index (χ2v) is 7.38. The number of carbonyl (C=O) groups excluding carboxylic acids is 1. The Kier molecular flexibility index (Phi) is 7.00. The van der Waals surface area contributed by atoms with E-state index in [0.29, 0.717) is 34.4 Å². The van der Waals surface area contributed by atoms with E-state index >= 15 is 0 Å². The molecule has 0 saturated carbocycles. The second kappa shape index (κ2) is 9.70. The number of benzene rings is 3. The maximum absolute atomic E-state index is 13.7. The predicted molar refractivity (Wildman–Crippen MR) is 121 cm³/mol. The number of nitrogens with zero attached hydrogens (tertiary/aromatic N) is 1. The van der Waals surface area contributed by atoms with Crippen molar-refractivity contribution in [2.45, 2.75) is 12.8 Å². The first-order valence-electron chi connectivity index (χ1n) is 9.49. The summed E-state index contributed by atoms with van der Waals surface area (Å²) in [6.45, 7) is 0.689. The van der Waals surface area contributed by atoms with Gasteiger partial charge in [0.15, 0.2) is 0 Å². The summed E-state index contributed by atoms with van der Waals surface area (Å²) < 4.78 is 40.3. The van der Waals surface area contributed by atoms with Crippen molar-refractivity contribution in [2.75, 3.05) is 5.32 Å². The van der Waals surface area contributed by atoms with E-state index in [1.807, 2.05) is 0 Å². The quantitative estimate of drug-likeness (QED) is 0.423. The van der Waals surface area contributed by atoms with E-state index in [-0.39, 0.29) is 5.71 Å². The zero-order chi connectivity index (χ0) is 23.3. The Morgan fingerprint density at radius 2 is 1.59 bits per heavy atom. The third-order valence-electron chi connectivity index (χ3n) is 4.44. The molecule has 0 unspecified atom stereocenters. The number of hydrogen-bond acceptors (Lipinski definition) is 3. The highest BCUT2D eigenvalue weighted by atomic mass is 35.5. The molecule has 4 nitrogen and oxygen atoms in total. The summed E-state index contributed by atoms with van der Waals surface area (Å²) in [6, 6.07) is 18.2. The van der Waals surface area contributed by atoms with Crippen molar-refractivity contribution in [2.24, 2.45) is 10.7 Å². The van der Waals surface area contributed by atoms with Crippen LogP contribution in [0.15, 0.2) is 89.6 Å². The van der Waals surface area contributed by atoms with Gasteiger partial charge in [-0.05, 0) is 54.6 Å². The summed E-state index contributed by atoms with van der Waals surface area (Å²) in [5.41, 5.74) is 6.63. The van der Waals surface area contributed by atoms with Crippen LogP contribution in [0.1, 0.15) is 22.8 Å². The Labute approximate surface area is 188 Å². The summed E-state index contributed by atoms with van der Waals surface area (Å²) in [4.78, 5) is 16.8. The summed E-state index contributed by atoms with van der Waals surface area (Å²) in [5.74, 6) is -4.07. The molecule has 0 aliphatic rings. The molecule has 0 fully saturated rings. The monoisotopic (exact) mass is 457 g/mol. The Morgan fingerprint density at radius 3 is 2.19 bits per heavy atom. The van der Waals surface area contributed by atoms with Crippen LogP contribution in [0.4, 0.5) is 24.5 Å². The highest BCUT2D eigenvalue weighted by molar-refractivity contribution is 6.33. The maximum Gasteiger partial charge on any atom is 0.284 e. The fraction of sp³-hybridized carbons (Fsp3) is 0.0833. The van der Waals surface area contributed by atoms with Crippen molar-refractivity contribution in [1.29, 1.82) is 0 Å². The largest absolute Gasteiger partial charge is 0.397 e. The average molecular weight is 458 g/mol. The molecule has 0 aliphatic heterocycles. The van der Waals surface area contributed by atoms with Crippen LogP contribution in [0.25, 0.3) is 0 Å². The molecule has 8 heteroatoms. The van der Waals surface area contributed by atoms with Gasteiger partial charge in [-0.2, -0.15) is 0 Å². The molecular weight excluding hydrogens is 439 g/mol. The molecule has 0 heterocycles. The number of aliphatic imine (C=N–C) groups is 1. The molecule has 0 saturated heterocycles. The van der Waals surface area contributed by atoms with Crippen LogP contribution < -0.4 is 11.1 Å². The van der Waals surface area contributed by atoms with E-state index in [1.165, 1.54) is 36.4 Å². The standard InChI is InChI=1S/C24H19ClF3N3O/c1-24(27,28)22(29)14-21(31-20-5-3-2-4-19(20)25)15-6-8-16(9-7-15)23(32)30-18-12-10-17(26)11-13-18/h2-14H,29H2,1H3,(H,30,32). The Hall–Kier alpha value is -3.58. The number of halogens is 4. The van der Waals surface area contributed by atoms with Gasteiger partial charge in [0.2, 0.25) is 0 Å². The molecule has 0 spiro atoms. The van der Waals surface area contributed by atoms with Gasteiger partial charge < -0.3 is 11.1 Å². The maximum atomic E-state index is 13.7. The van der Waals surface area contributed by atoms with Crippen LogP contribution in [0, 0.1) is 5.82 Å². The van der Waals surface area contributed by atoms with Gasteiger partial charge >= 0.3 is 0 Å². The van der Waals surface area contributed by atoms with Gasteiger partial charge in [0.1, 0.15) is 5.82 Å². The van der Waals surface area contributed by atoms with Gasteiger partial charge in [0, 0.05) is 23.7 Å². The van der Waals surface area contributed by atoms with E-state index < -0.39 is 23.3 Å². The Bertz CT molecular complexity index is 1170. The number of carbonyl (C=O) groups is 1. The van der Waals surface area contributed by atoms with Crippen LogP contribution in [0.5, 0.6) is 0 Å². The lowest BCUT2D eigenvalue weighted by Gasteiger charge is -2.12. The number of alkyl halides is 2. The number of nitrogens with one attached hydrogen (secondary N) is 1. The zero-order valence-electron chi connectivity index (χ0n) is 17.0. The van der Waals surface area contributed by atoms with Crippen LogP contribution in [-0.2, 0) is 0 Å². The number of amides is 1. The van der Waals surface area contributed by atoms with Gasteiger partial charge in [-0.25, -0.2) is 18.2 Å². The summed E-state index contributed by atoms with van der Waals surface area (Å²) in [5, 5.41) is 2.99. The number of allylic oxidation sites excluding steroid dienone is 2. The lowest BCUT2D eigenvalue weighted by atomic mass is 10.0. The minimum Gasteiger partial charge on any atom is -0.397 e. The van der Waals surface area contributed by atoms with Gasteiger partial charge in [-0.15, -0.1) is 0 Å². The van der Waals surface area contributed by atoms with E-state index in [4.69, 9.17) is 17.3 Å². The number of nitrogens with two attached hydrogens (primary N) is 1. The molecular formula is C24H19ClF3N3O. The van der Waals surface area contributed by atoms with Gasteiger partial charge in [0.25, 0.3) is 11.8 Å². The fourth-order valence-corrected chi connectivity index (χ4v) is 2.83. The molecule has 3 rings (SSSR count). The van der Waals surface area contributed by atoms with Crippen molar-refractivity contribution in [1.82, 2.24) is 0 Å². The third kappa shape index (κ3) is 5.98. The molecule has 3 aromatic rings. The second-order valence-electron chi connectivity index (χ2n) is 6.97. The highest BCUT2D eigenvalue weighted by Crippen LogP contribution is 2.26. The molecule has 0 aliphatic carbocycles. The van der Waals surface area contributed by atoms with Gasteiger partial charge in [-0.1, -0.05) is 35.9 Å². The number of para-hydroxylation sites is 1. The van der Waals surface area contributed by atoms with E-state index in [2.05, 4.69) is 10.3 Å². The van der Waals surface area contributed by atoms with Gasteiger partial charge in [-0.3, -0.25) is 4.79 Å². The molecule has 1 amide bonds. The molecule has 3 aromatic carbocycles. The fourth-order valence-electron chi connectivity index (χ4n) is 2.66. The molecule has 0 bridgehead atoms. The van der Waals surface area contributed by atoms with Crippen molar-refractivity contribution in [3.63, 3.8) is 0 Å². The first kappa shape index (κ1) is 23.1. The van der Waals surface area contributed by atoms with Crippen molar-refractivity contribution < 1.29 is 18.0 Å². The first-order valence-corrected chi connectivity index (χ1v) is 9.87. The van der Waals surface area contributed by atoms with Crippen molar-refractivity contribution in [3.8, 4) is 0 Å². The lowest BCUT2D eigenvalue weighted by molar-refractivity contribution is 0.0619. The van der Waals surface area contributed by atoms with E-state index in [9.17, 15) is 18.0 Å². The van der Waals surface area contributed by atoms with Crippen LogP contribution in [0.3, 0.4) is 0 Å². The summed E-state index contributed by atoms with van der Waals surface area (Å²) in [6.07, 6.45) is 1.08. The van der Waals surface area contributed by atoms with Crippen LogP contribution in [0.2, 0.25) is 5.02 Å². The lowest BCUT2D eigenvalue weighted by Crippen LogP contribution is -2.22.